The van der Waals surface area contributed by atoms with Crippen molar-refractivity contribution in [3.05, 3.63) is 29.3 Å². The molecule has 6 nitrogen and oxygen atoms in total. The highest BCUT2D eigenvalue weighted by Crippen LogP contribution is 2.28. The predicted molar refractivity (Wildman–Crippen MR) is 68.4 cm³/mol. The molecule has 0 aromatic heterocycles. The second-order valence-electron chi connectivity index (χ2n) is 4.39. The number of nitrogens with zero attached hydrogens (tertiary/aromatic N) is 1. The second kappa shape index (κ2) is 5.19. The molecule has 0 spiro atoms. The number of nitrogens with one attached hydrogen (secondary N) is 1. The lowest BCUT2D eigenvalue weighted by molar-refractivity contribution is -0.135. The topological polar surface area (TPSA) is 86.7 Å². The fraction of sp³-hybridized carbons (Fsp3) is 0.308. The third-order valence-electron chi connectivity index (χ3n) is 3.04. The number of anilines is 1. The molecule has 1 aliphatic rings. The van der Waals surface area contributed by atoms with Crippen LogP contribution in [0.1, 0.15) is 15.9 Å². The highest BCUT2D eigenvalue weighted by atomic mass is 16.4. The summed E-state index contributed by atoms with van der Waals surface area (Å²) in [5.74, 6) is -1.19. The Morgan fingerprint density at radius 1 is 1.37 bits per heavy atom. The van der Waals surface area contributed by atoms with Crippen LogP contribution in [0.4, 0.5) is 5.69 Å². The molecule has 1 aliphatic heterocycles. The van der Waals surface area contributed by atoms with Gasteiger partial charge in [0.25, 0.3) is 0 Å². The summed E-state index contributed by atoms with van der Waals surface area (Å²) in [6, 6.07) is 5.09. The van der Waals surface area contributed by atoms with Gasteiger partial charge >= 0.3 is 5.97 Å². The van der Waals surface area contributed by atoms with Crippen molar-refractivity contribution in [2.75, 3.05) is 25.0 Å². The van der Waals surface area contributed by atoms with Crippen LogP contribution >= 0.6 is 0 Å². The monoisotopic (exact) mass is 262 g/mol. The average molecular weight is 262 g/mol. The minimum absolute atomic E-state index is 0.00333. The minimum Gasteiger partial charge on any atom is -0.480 e. The Morgan fingerprint density at radius 2 is 2.11 bits per heavy atom. The molecule has 2 N–H and O–H groups in total. The van der Waals surface area contributed by atoms with Gasteiger partial charge in [-0.25, -0.2) is 0 Å². The van der Waals surface area contributed by atoms with Crippen LogP contribution < -0.4 is 10.2 Å². The maximum absolute atomic E-state index is 11.8. The van der Waals surface area contributed by atoms with Crippen LogP contribution in [0.3, 0.4) is 0 Å². The van der Waals surface area contributed by atoms with E-state index in [0.717, 1.165) is 11.3 Å². The van der Waals surface area contributed by atoms with Crippen molar-refractivity contribution in [3.63, 3.8) is 0 Å². The number of amides is 1. The third kappa shape index (κ3) is 2.79. The molecule has 2 rings (SSSR count). The number of fused-ring (bicyclic) bond motifs is 1. The molecule has 0 saturated heterocycles. The maximum atomic E-state index is 11.8. The van der Waals surface area contributed by atoms with E-state index in [4.69, 9.17) is 5.11 Å². The van der Waals surface area contributed by atoms with Gasteiger partial charge in [-0.1, -0.05) is 0 Å². The fourth-order valence-corrected chi connectivity index (χ4v) is 2.03. The van der Waals surface area contributed by atoms with Gasteiger partial charge in [0.05, 0.1) is 19.5 Å². The SMILES string of the molecule is CN1C(=O)Cc2cc(C(=O)CNCC(=O)O)ccc21. The molecule has 0 saturated carbocycles. The van der Waals surface area contributed by atoms with Crippen molar-refractivity contribution in [1.29, 1.82) is 0 Å². The van der Waals surface area contributed by atoms with E-state index in [1.54, 1.807) is 30.1 Å². The first-order valence-electron chi connectivity index (χ1n) is 5.84. The van der Waals surface area contributed by atoms with Crippen molar-refractivity contribution in [2.45, 2.75) is 6.42 Å². The van der Waals surface area contributed by atoms with Crippen molar-refractivity contribution >= 4 is 23.3 Å². The Kier molecular flexibility index (Phi) is 3.62. The second-order valence-corrected chi connectivity index (χ2v) is 4.39. The van der Waals surface area contributed by atoms with Crippen LogP contribution in [0.5, 0.6) is 0 Å². The van der Waals surface area contributed by atoms with Gasteiger partial charge in [-0.3, -0.25) is 19.7 Å². The van der Waals surface area contributed by atoms with Gasteiger partial charge < -0.3 is 10.0 Å². The zero-order valence-corrected chi connectivity index (χ0v) is 10.5. The van der Waals surface area contributed by atoms with E-state index >= 15 is 0 Å². The van der Waals surface area contributed by atoms with Gasteiger partial charge in [0, 0.05) is 18.3 Å². The Labute approximate surface area is 110 Å². The van der Waals surface area contributed by atoms with E-state index in [9.17, 15) is 14.4 Å². The predicted octanol–water partition coefficient (Wildman–Crippen LogP) is 0.0624. The van der Waals surface area contributed by atoms with Gasteiger partial charge in [-0.15, -0.1) is 0 Å². The standard InChI is InChI=1S/C13H14N2O4/c1-15-10-3-2-8(4-9(10)5-12(15)17)11(16)6-14-7-13(18)19/h2-4,14H,5-7H2,1H3,(H,18,19). The quantitative estimate of drug-likeness (QED) is 0.733. The molecule has 1 aromatic rings. The summed E-state index contributed by atoms with van der Waals surface area (Å²) in [5, 5.41) is 11.0. The number of carboxylic acids is 1. The van der Waals surface area contributed by atoms with E-state index in [1.807, 2.05) is 0 Å². The van der Waals surface area contributed by atoms with Crippen molar-refractivity contribution in [2.24, 2.45) is 0 Å². The summed E-state index contributed by atoms with van der Waals surface area (Å²) in [7, 11) is 1.70. The largest absolute Gasteiger partial charge is 0.480 e. The molecule has 0 aliphatic carbocycles. The molecule has 6 heteroatoms. The molecule has 19 heavy (non-hydrogen) atoms. The highest BCUT2D eigenvalue weighted by molar-refractivity contribution is 6.03. The fourth-order valence-electron chi connectivity index (χ4n) is 2.03. The van der Waals surface area contributed by atoms with Crippen LogP contribution in [0, 0.1) is 0 Å². The zero-order chi connectivity index (χ0) is 14.0. The first-order valence-corrected chi connectivity index (χ1v) is 5.84. The first-order chi connectivity index (χ1) is 8.99. The Hall–Kier alpha value is -2.21. The van der Waals surface area contributed by atoms with Crippen LogP contribution in [-0.2, 0) is 16.0 Å². The lowest BCUT2D eigenvalue weighted by Gasteiger charge is -2.10. The number of rotatable bonds is 5. The van der Waals surface area contributed by atoms with Crippen molar-refractivity contribution in [1.82, 2.24) is 5.32 Å². The van der Waals surface area contributed by atoms with Crippen LogP contribution in [-0.4, -0.2) is 42.9 Å². The minimum atomic E-state index is -1.01. The van der Waals surface area contributed by atoms with Crippen LogP contribution in [0.25, 0.3) is 0 Å². The number of carboxylic acid groups (broad SMARTS) is 1. The van der Waals surface area contributed by atoms with Gasteiger partial charge in [0.1, 0.15) is 0 Å². The molecule has 1 heterocycles. The number of carbonyl (C=O) groups excluding carboxylic acids is 2. The highest BCUT2D eigenvalue weighted by Gasteiger charge is 2.24. The Balaban J connectivity index is 2.07. The smallest absolute Gasteiger partial charge is 0.317 e. The van der Waals surface area contributed by atoms with E-state index in [-0.39, 0.29) is 24.8 Å². The molecule has 0 bridgehead atoms. The van der Waals surface area contributed by atoms with Gasteiger partial charge in [0.2, 0.25) is 5.91 Å². The average Bonchev–Trinajstić information content (AvgIpc) is 2.64. The summed E-state index contributed by atoms with van der Waals surface area (Å²) in [6.07, 6.45) is 0.301. The van der Waals surface area contributed by atoms with E-state index in [2.05, 4.69) is 5.32 Å². The number of ketones is 1. The number of aliphatic carboxylic acids is 1. The summed E-state index contributed by atoms with van der Waals surface area (Å²) in [6.45, 7) is -0.285. The number of Topliss-reactive ketones (excluding diaryl/α,β-unsaturated/α-hetero) is 1. The summed E-state index contributed by atoms with van der Waals surface area (Å²) in [5.41, 5.74) is 2.14. The lowest BCUT2D eigenvalue weighted by Crippen LogP contribution is -2.28. The van der Waals surface area contributed by atoms with Crippen molar-refractivity contribution < 1.29 is 19.5 Å². The number of carbonyl (C=O) groups is 3. The van der Waals surface area contributed by atoms with Gasteiger partial charge in [-0.05, 0) is 23.8 Å². The normalized spacial score (nSPS) is 13.5. The van der Waals surface area contributed by atoms with Gasteiger partial charge in [0.15, 0.2) is 5.78 Å². The van der Waals surface area contributed by atoms with Gasteiger partial charge in [-0.2, -0.15) is 0 Å². The molecular weight excluding hydrogens is 248 g/mol. The molecule has 0 atom stereocenters. The third-order valence-corrected chi connectivity index (χ3v) is 3.04. The molecular formula is C13H14N2O4. The molecule has 100 valence electrons. The lowest BCUT2D eigenvalue weighted by atomic mass is 10.1. The van der Waals surface area contributed by atoms with E-state index < -0.39 is 5.97 Å². The zero-order valence-electron chi connectivity index (χ0n) is 10.5. The Morgan fingerprint density at radius 3 is 2.79 bits per heavy atom. The van der Waals surface area contributed by atoms with E-state index in [0.29, 0.717) is 12.0 Å². The molecule has 1 aromatic carbocycles. The molecule has 1 amide bonds. The molecule has 0 unspecified atom stereocenters. The number of likely N-dealkylation sites (N-methyl/N-ethyl adjacent to an activating group) is 1. The number of hydrogen-bond donors (Lipinski definition) is 2. The Bertz CT molecular complexity index is 554. The first kappa shape index (κ1) is 13.2. The van der Waals surface area contributed by atoms with Crippen molar-refractivity contribution in [3.8, 4) is 0 Å². The summed E-state index contributed by atoms with van der Waals surface area (Å²) < 4.78 is 0. The van der Waals surface area contributed by atoms with E-state index in [1.165, 1.54) is 0 Å². The summed E-state index contributed by atoms with van der Waals surface area (Å²) >= 11 is 0. The molecule has 0 fully saturated rings. The summed E-state index contributed by atoms with van der Waals surface area (Å²) in [4.78, 5) is 35.2. The maximum Gasteiger partial charge on any atom is 0.317 e. The van der Waals surface area contributed by atoms with Crippen LogP contribution in [0.15, 0.2) is 18.2 Å². The number of benzene rings is 1. The molecule has 0 radical (unpaired) electrons. The number of hydrogen-bond acceptors (Lipinski definition) is 4. The van der Waals surface area contributed by atoms with Crippen LogP contribution in [0.2, 0.25) is 0 Å².